The van der Waals surface area contributed by atoms with Crippen LogP contribution < -0.4 is 5.73 Å². The van der Waals surface area contributed by atoms with Gasteiger partial charge in [0.1, 0.15) is 0 Å². The van der Waals surface area contributed by atoms with E-state index in [2.05, 4.69) is 11.9 Å². The first-order valence-electron chi connectivity index (χ1n) is 3.36. The van der Waals surface area contributed by atoms with Gasteiger partial charge in [0.25, 0.3) is 0 Å². The molecule has 0 spiro atoms. The number of hydrogen-bond acceptors (Lipinski definition) is 2. The highest BCUT2D eigenvalue weighted by Crippen LogP contribution is 2.05. The quantitative estimate of drug-likeness (QED) is 0.768. The standard InChI is InChI=1S/C8H12N2.2ClH/c1-6-3-7(2)10-5-8(6)4-9;;/h3,5H,4,9H2,1-2H3;2*1H. The molecule has 1 aromatic heterocycles. The summed E-state index contributed by atoms with van der Waals surface area (Å²) in [5.74, 6) is 0. The summed E-state index contributed by atoms with van der Waals surface area (Å²) in [7, 11) is 0. The Kier molecular flexibility index (Phi) is 7.39. The smallest absolute Gasteiger partial charge is 0.0375 e. The van der Waals surface area contributed by atoms with E-state index in [1.54, 1.807) is 0 Å². The summed E-state index contributed by atoms with van der Waals surface area (Å²) in [5, 5.41) is 0. The maximum absolute atomic E-state index is 5.46. The molecule has 0 aliphatic carbocycles. The zero-order valence-electron chi connectivity index (χ0n) is 7.20. The van der Waals surface area contributed by atoms with Gasteiger partial charge in [0, 0.05) is 18.4 Å². The van der Waals surface area contributed by atoms with Crippen molar-refractivity contribution >= 4 is 24.8 Å². The largest absolute Gasteiger partial charge is 0.326 e. The van der Waals surface area contributed by atoms with Crippen molar-refractivity contribution in [2.75, 3.05) is 0 Å². The highest BCUT2D eigenvalue weighted by molar-refractivity contribution is 5.85. The molecule has 0 aliphatic heterocycles. The Bertz CT molecular complexity index is 238. The molecule has 4 heteroatoms. The minimum absolute atomic E-state index is 0. The van der Waals surface area contributed by atoms with Crippen molar-refractivity contribution in [3.8, 4) is 0 Å². The van der Waals surface area contributed by atoms with E-state index in [0.29, 0.717) is 6.54 Å². The molecule has 0 bridgehead atoms. The summed E-state index contributed by atoms with van der Waals surface area (Å²) in [4.78, 5) is 4.13. The number of nitrogens with zero attached hydrogens (tertiary/aromatic N) is 1. The van der Waals surface area contributed by atoms with Crippen LogP contribution in [0.4, 0.5) is 0 Å². The zero-order valence-corrected chi connectivity index (χ0v) is 8.84. The van der Waals surface area contributed by atoms with Crippen molar-refractivity contribution in [1.29, 1.82) is 0 Å². The lowest BCUT2D eigenvalue weighted by atomic mass is 10.1. The fraction of sp³-hybridized carbons (Fsp3) is 0.375. The van der Waals surface area contributed by atoms with Gasteiger partial charge in [0.05, 0.1) is 0 Å². The van der Waals surface area contributed by atoms with Gasteiger partial charge in [-0.25, -0.2) is 0 Å². The predicted octanol–water partition coefficient (Wildman–Crippen LogP) is 2.00. The average Bonchev–Trinajstić information content (AvgIpc) is 1.88. The third-order valence-electron chi connectivity index (χ3n) is 1.58. The van der Waals surface area contributed by atoms with Crippen LogP contribution in [0.15, 0.2) is 12.3 Å². The molecule has 0 saturated heterocycles. The van der Waals surface area contributed by atoms with Crippen LogP contribution in [0.5, 0.6) is 0 Å². The summed E-state index contributed by atoms with van der Waals surface area (Å²) in [6.07, 6.45) is 1.84. The lowest BCUT2D eigenvalue weighted by molar-refractivity contribution is 1.01. The van der Waals surface area contributed by atoms with E-state index in [9.17, 15) is 0 Å². The monoisotopic (exact) mass is 208 g/mol. The SMILES string of the molecule is Cc1cc(C)c(CN)cn1.Cl.Cl. The summed E-state index contributed by atoms with van der Waals surface area (Å²) < 4.78 is 0. The molecule has 70 valence electrons. The van der Waals surface area contributed by atoms with E-state index in [1.165, 1.54) is 5.56 Å². The Morgan fingerprint density at radius 3 is 2.33 bits per heavy atom. The third-order valence-corrected chi connectivity index (χ3v) is 1.58. The predicted molar refractivity (Wildman–Crippen MR) is 56.1 cm³/mol. The molecule has 1 aromatic rings. The van der Waals surface area contributed by atoms with Gasteiger partial charge in [0.15, 0.2) is 0 Å². The Morgan fingerprint density at radius 1 is 1.33 bits per heavy atom. The van der Waals surface area contributed by atoms with Crippen molar-refractivity contribution in [1.82, 2.24) is 4.98 Å². The van der Waals surface area contributed by atoms with Crippen molar-refractivity contribution in [3.05, 3.63) is 29.1 Å². The molecule has 0 unspecified atom stereocenters. The second-order valence-corrected chi connectivity index (χ2v) is 2.46. The zero-order chi connectivity index (χ0) is 7.56. The molecule has 0 aliphatic rings. The van der Waals surface area contributed by atoms with E-state index in [-0.39, 0.29) is 24.8 Å². The number of pyridine rings is 1. The molecule has 2 N–H and O–H groups in total. The number of halogens is 2. The molecule has 1 heterocycles. The van der Waals surface area contributed by atoms with Crippen LogP contribution >= 0.6 is 24.8 Å². The van der Waals surface area contributed by atoms with E-state index in [0.717, 1.165) is 11.3 Å². The van der Waals surface area contributed by atoms with Crippen molar-refractivity contribution < 1.29 is 0 Å². The van der Waals surface area contributed by atoms with Crippen LogP contribution in [0.1, 0.15) is 16.8 Å². The van der Waals surface area contributed by atoms with Gasteiger partial charge < -0.3 is 5.73 Å². The summed E-state index contributed by atoms with van der Waals surface area (Å²) in [6.45, 7) is 4.61. The van der Waals surface area contributed by atoms with Crippen LogP contribution in [0.25, 0.3) is 0 Å². The Hall–Kier alpha value is -0.310. The molecule has 1 rings (SSSR count). The van der Waals surface area contributed by atoms with Crippen LogP contribution in [0.2, 0.25) is 0 Å². The van der Waals surface area contributed by atoms with Crippen LogP contribution in [-0.2, 0) is 6.54 Å². The third kappa shape index (κ3) is 3.39. The molecule has 0 saturated carbocycles. The molecule has 0 fully saturated rings. The number of aryl methyl sites for hydroxylation is 2. The molecule has 0 atom stereocenters. The topological polar surface area (TPSA) is 38.9 Å². The fourth-order valence-corrected chi connectivity index (χ4v) is 0.939. The van der Waals surface area contributed by atoms with Crippen LogP contribution in [-0.4, -0.2) is 4.98 Å². The minimum atomic E-state index is 0. The first-order chi connectivity index (χ1) is 4.74. The summed E-state index contributed by atoms with van der Waals surface area (Å²) in [5.41, 5.74) is 8.87. The second kappa shape index (κ2) is 6.23. The number of rotatable bonds is 1. The average molecular weight is 209 g/mol. The van der Waals surface area contributed by atoms with Gasteiger partial charge >= 0.3 is 0 Å². The summed E-state index contributed by atoms with van der Waals surface area (Å²) >= 11 is 0. The minimum Gasteiger partial charge on any atom is -0.326 e. The van der Waals surface area contributed by atoms with Gasteiger partial charge in [-0.3, -0.25) is 4.98 Å². The number of nitrogens with two attached hydrogens (primary N) is 1. The lowest BCUT2D eigenvalue weighted by Gasteiger charge is -2.01. The normalized spacial score (nSPS) is 8.25. The van der Waals surface area contributed by atoms with Crippen molar-refractivity contribution in [2.24, 2.45) is 5.73 Å². The van der Waals surface area contributed by atoms with Gasteiger partial charge in [-0.05, 0) is 31.0 Å². The molecule has 0 radical (unpaired) electrons. The Morgan fingerprint density at radius 2 is 1.92 bits per heavy atom. The fourth-order valence-electron chi connectivity index (χ4n) is 0.939. The summed E-state index contributed by atoms with van der Waals surface area (Å²) in [6, 6.07) is 2.04. The maximum Gasteiger partial charge on any atom is 0.0375 e. The molecule has 12 heavy (non-hydrogen) atoms. The van der Waals surface area contributed by atoms with Gasteiger partial charge in [-0.15, -0.1) is 24.8 Å². The Balaban J connectivity index is 0. The van der Waals surface area contributed by atoms with Crippen molar-refractivity contribution in [2.45, 2.75) is 20.4 Å². The number of hydrogen-bond donors (Lipinski definition) is 1. The van der Waals surface area contributed by atoms with Crippen LogP contribution in [0.3, 0.4) is 0 Å². The van der Waals surface area contributed by atoms with E-state index in [4.69, 9.17) is 5.73 Å². The maximum atomic E-state index is 5.46. The molecule has 0 aromatic carbocycles. The van der Waals surface area contributed by atoms with E-state index in [1.807, 2.05) is 19.2 Å². The highest BCUT2D eigenvalue weighted by Gasteiger charge is 1.94. The van der Waals surface area contributed by atoms with Crippen LogP contribution in [0, 0.1) is 13.8 Å². The molecule has 2 nitrogen and oxygen atoms in total. The lowest BCUT2D eigenvalue weighted by Crippen LogP contribution is -2.00. The Labute approximate surface area is 85.4 Å². The molecular formula is C8H14Cl2N2. The molecular weight excluding hydrogens is 195 g/mol. The van der Waals surface area contributed by atoms with Gasteiger partial charge in [-0.1, -0.05) is 0 Å². The van der Waals surface area contributed by atoms with E-state index >= 15 is 0 Å². The first kappa shape index (κ1) is 14.2. The van der Waals surface area contributed by atoms with Gasteiger partial charge in [-0.2, -0.15) is 0 Å². The molecule has 0 amide bonds. The number of aromatic nitrogens is 1. The first-order valence-corrected chi connectivity index (χ1v) is 3.36. The second-order valence-electron chi connectivity index (χ2n) is 2.46. The van der Waals surface area contributed by atoms with E-state index < -0.39 is 0 Å². The van der Waals surface area contributed by atoms with Crippen molar-refractivity contribution in [3.63, 3.8) is 0 Å². The highest BCUT2D eigenvalue weighted by atomic mass is 35.5. The van der Waals surface area contributed by atoms with Gasteiger partial charge in [0.2, 0.25) is 0 Å².